The van der Waals surface area contributed by atoms with Crippen molar-refractivity contribution in [1.82, 2.24) is 10.2 Å². The lowest BCUT2D eigenvalue weighted by Gasteiger charge is -2.38. The molecule has 3 unspecified atom stereocenters. The van der Waals surface area contributed by atoms with Crippen LogP contribution in [0.4, 0.5) is 0 Å². The molecule has 1 aliphatic heterocycles. The average molecular weight is 375 g/mol. The van der Waals surface area contributed by atoms with Crippen molar-refractivity contribution in [2.45, 2.75) is 39.0 Å². The molecular formula is C17H24Cl2N2O3. The van der Waals surface area contributed by atoms with Gasteiger partial charge in [-0.05, 0) is 32.9 Å². The van der Waals surface area contributed by atoms with Gasteiger partial charge in [0.2, 0.25) is 0 Å². The Balaban J connectivity index is 1.73. The highest BCUT2D eigenvalue weighted by Gasteiger charge is 2.25. The number of nitrogens with one attached hydrogen (secondary N) is 1. The first kappa shape index (κ1) is 19.3. The summed E-state index contributed by atoms with van der Waals surface area (Å²) in [6.07, 6.45) is 0.426. The fourth-order valence-electron chi connectivity index (χ4n) is 2.73. The smallest absolute Gasteiger partial charge is 0.257 e. The molecule has 0 radical (unpaired) electrons. The van der Waals surface area contributed by atoms with Crippen LogP contribution in [-0.4, -0.2) is 55.3 Å². The Morgan fingerprint density at radius 3 is 2.62 bits per heavy atom. The third-order valence-corrected chi connectivity index (χ3v) is 4.67. The molecule has 0 aliphatic carbocycles. The largest absolute Gasteiger partial charge is 0.484 e. The van der Waals surface area contributed by atoms with Gasteiger partial charge in [0.15, 0.2) is 6.61 Å². The fourth-order valence-corrected chi connectivity index (χ4v) is 3.02. The van der Waals surface area contributed by atoms with Crippen LogP contribution in [-0.2, 0) is 9.53 Å². The highest BCUT2D eigenvalue weighted by atomic mass is 35.5. The van der Waals surface area contributed by atoms with Gasteiger partial charge in [0.1, 0.15) is 5.75 Å². The monoisotopic (exact) mass is 374 g/mol. The molecule has 3 atom stereocenters. The quantitative estimate of drug-likeness (QED) is 0.831. The summed E-state index contributed by atoms with van der Waals surface area (Å²) in [7, 11) is 0. The number of hydrogen-bond acceptors (Lipinski definition) is 4. The van der Waals surface area contributed by atoms with Gasteiger partial charge in [-0.15, -0.1) is 0 Å². The van der Waals surface area contributed by atoms with Crippen LogP contribution >= 0.6 is 23.2 Å². The number of benzene rings is 1. The Labute approximate surface area is 153 Å². The molecule has 1 amide bonds. The van der Waals surface area contributed by atoms with E-state index >= 15 is 0 Å². The zero-order chi connectivity index (χ0) is 17.7. The van der Waals surface area contributed by atoms with Gasteiger partial charge in [-0.25, -0.2) is 0 Å². The van der Waals surface area contributed by atoms with Gasteiger partial charge in [0, 0.05) is 31.7 Å². The van der Waals surface area contributed by atoms with Crippen molar-refractivity contribution in [2.75, 3.05) is 26.2 Å². The number of carbonyl (C=O) groups excluding carboxylic acids is 1. The van der Waals surface area contributed by atoms with Gasteiger partial charge in [-0.1, -0.05) is 23.2 Å². The van der Waals surface area contributed by atoms with E-state index in [9.17, 15) is 4.79 Å². The van der Waals surface area contributed by atoms with Crippen LogP contribution in [0.3, 0.4) is 0 Å². The van der Waals surface area contributed by atoms with Crippen molar-refractivity contribution in [3.05, 3.63) is 28.2 Å². The van der Waals surface area contributed by atoms with Crippen molar-refractivity contribution >= 4 is 29.1 Å². The van der Waals surface area contributed by atoms with E-state index in [-0.39, 0.29) is 30.8 Å². The summed E-state index contributed by atoms with van der Waals surface area (Å²) in [4.78, 5) is 14.3. The minimum atomic E-state index is -0.165. The predicted molar refractivity (Wildman–Crippen MR) is 96.0 cm³/mol. The maximum absolute atomic E-state index is 11.9. The van der Waals surface area contributed by atoms with Crippen LogP contribution in [0.1, 0.15) is 20.8 Å². The lowest BCUT2D eigenvalue weighted by molar-refractivity contribution is -0.123. The molecule has 1 aliphatic rings. The summed E-state index contributed by atoms with van der Waals surface area (Å²) in [6, 6.07) is 5.16. The Bertz CT molecular complexity index is 561. The molecular weight excluding hydrogens is 351 g/mol. The molecule has 24 heavy (non-hydrogen) atoms. The first-order valence-corrected chi connectivity index (χ1v) is 8.84. The zero-order valence-corrected chi connectivity index (χ0v) is 15.7. The van der Waals surface area contributed by atoms with Crippen LogP contribution in [0.2, 0.25) is 10.0 Å². The van der Waals surface area contributed by atoms with Gasteiger partial charge < -0.3 is 14.8 Å². The van der Waals surface area contributed by atoms with E-state index in [1.807, 2.05) is 0 Å². The second-order valence-corrected chi connectivity index (χ2v) is 7.04. The second kappa shape index (κ2) is 8.90. The standard InChI is InChI=1S/C17H24Cl2N2O3/c1-11(21-8-12(2)24-13(3)9-21)7-20-17(22)10-23-14-4-5-15(18)16(19)6-14/h4-6,11-13H,7-10H2,1-3H3,(H,20,22). The van der Waals surface area contributed by atoms with E-state index in [0.717, 1.165) is 13.1 Å². The van der Waals surface area contributed by atoms with E-state index in [2.05, 4.69) is 31.0 Å². The second-order valence-electron chi connectivity index (χ2n) is 6.23. The highest BCUT2D eigenvalue weighted by Crippen LogP contribution is 2.26. The third-order valence-electron chi connectivity index (χ3n) is 3.93. The molecule has 0 saturated carbocycles. The van der Waals surface area contributed by atoms with E-state index in [4.69, 9.17) is 32.7 Å². The van der Waals surface area contributed by atoms with Crippen LogP contribution in [0.5, 0.6) is 5.75 Å². The lowest BCUT2D eigenvalue weighted by atomic mass is 10.2. The zero-order valence-electron chi connectivity index (χ0n) is 14.2. The number of ether oxygens (including phenoxy) is 2. The highest BCUT2D eigenvalue weighted by molar-refractivity contribution is 6.42. The molecule has 0 aromatic heterocycles. The summed E-state index contributed by atoms with van der Waals surface area (Å²) in [5.41, 5.74) is 0. The Kier molecular flexibility index (Phi) is 7.16. The molecule has 2 rings (SSSR count). The molecule has 1 fully saturated rings. The van der Waals surface area contributed by atoms with Crippen molar-refractivity contribution in [3.8, 4) is 5.75 Å². The van der Waals surface area contributed by atoms with E-state index in [1.54, 1.807) is 18.2 Å². The van der Waals surface area contributed by atoms with Gasteiger partial charge in [-0.2, -0.15) is 0 Å². The van der Waals surface area contributed by atoms with Gasteiger partial charge in [0.05, 0.1) is 22.3 Å². The SMILES string of the molecule is CC1CN(C(C)CNC(=O)COc2ccc(Cl)c(Cl)c2)CC(C)O1. The molecule has 134 valence electrons. The number of morpholine rings is 1. The molecule has 1 aromatic carbocycles. The Hall–Kier alpha value is -1.01. The van der Waals surface area contributed by atoms with Crippen LogP contribution in [0, 0.1) is 0 Å². The normalized spacial score (nSPS) is 22.9. The van der Waals surface area contributed by atoms with Gasteiger partial charge in [-0.3, -0.25) is 9.69 Å². The van der Waals surface area contributed by atoms with Crippen LogP contribution < -0.4 is 10.1 Å². The first-order valence-electron chi connectivity index (χ1n) is 8.09. The minimum Gasteiger partial charge on any atom is -0.484 e. The number of halogens is 2. The topological polar surface area (TPSA) is 50.8 Å². The maximum Gasteiger partial charge on any atom is 0.257 e. The fraction of sp³-hybridized carbons (Fsp3) is 0.588. The summed E-state index contributed by atoms with van der Waals surface area (Å²) in [5.74, 6) is 0.353. The predicted octanol–water partition coefficient (Wildman–Crippen LogP) is 2.99. The molecule has 1 aromatic rings. The molecule has 1 N–H and O–H groups in total. The number of amides is 1. The molecule has 7 heteroatoms. The molecule has 1 heterocycles. The summed E-state index contributed by atoms with van der Waals surface area (Å²) in [6.45, 7) is 8.51. The number of nitrogens with zero attached hydrogens (tertiary/aromatic N) is 1. The molecule has 5 nitrogen and oxygen atoms in total. The molecule has 0 bridgehead atoms. The van der Waals surface area contributed by atoms with Crippen LogP contribution in [0.15, 0.2) is 18.2 Å². The maximum atomic E-state index is 11.9. The van der Waals surface area contributed by atoms with Gasteiger partial charge in [0.25, 0.3) is 5.91 Å². The summed E-state index contributed by atoms with van der Waals surface area (Å²) >= 11 is 11.8. The van der Waals surface area contributed by atoms with E-state index in [1.165, 1.54) is 0 Å². The number of carbonyl (C=O) groups is 1. The van der Waals surface area contributed by atoms with Crippen molar-refractivity contribution in [3.63, 3.8) is 0 Å². The third kappa shape index (κ3) is 5.81. The molecule has 1 saturated heterocycles. The number of rotatable bonds is 6. The first-order chi connectivity index (χ1) is 11.3. The number of hydrogen-bond donors (Lipinski definition) is 1. The van der Waals surface area contributed by atoms with Crippen molar-refractivity contribution in [2.24, 2.45) is 0 Å². The average Bonchev–Trinajstić information content (AvgIpc) is 2.52. The lowest BCUT2D eigenvalue weighted by Crippen LogP contribution is -2.52. The molecule has 0 spiro atoms. The van der Waals surface area contributed by atoms with Crippen molar-refractivity contribution in [1.29, 1.82) is 0 Å². The van der Waals surface area contributed by atoms with Gasteiger partial charge >= 0.3 is 0 Å². The Morgan fingerprint density at radius 1 is 1.33 bits per heavy atom. The summed E-state index contributed by atoms with van der Waals surface area (Å²) in [5, 5.41) is 3.76. The summed E-state index contributed by atoms with van der Waals surface area (Å²) < 4.78 is 11.2. The van der Waals surface area contributed by atoms with E-state index in [0.29, 0.717) is 22.3 Å². The van der Waals surface area contributed by atoms with Crippen LogP contribution in [0.25, 0.3) is 0 Å². The van der Waals surface area contributed by atoms with Crippen molar-refractivity contribution < 1.29 is 14.3 Å². The van der Waals surface area contributed by atoms with E-state index < -0.39 is 0 Å². The Morgan fingerprint density at radius 2 is 2.00 bits per heavy atom. The minimum absolute atomic E-state index is 0.0550.